The molecule has 0 unspecified atom stereocenters. The number of benzene rings is 1. The number of furan rings is 1. The van der Waals surface area contributed by atoms with E-state index in [1.807, 2.05) is 0 Å². The smallest absolute Gasteiger partial charge is 0.356 e. The Hall–Kier alpha value is -4.19. The van der Waals surface area contributed by atoms with Crippen LogP contribution in [0.15, 0.2) is 53.4 Å². The Labute approximate surface area is 167 Å². The molecule has 2 amide bonds. The first kappa shape index (κ1) is 19.6. The molecule has 1 aromatic carbocycles. The van der Waals surface area contributed by atoms with Crippen LogP contribution in [0.3, 0.4) is 0 Å². The topological polar surface area (TPSA) is 164 Å². The predicted molar refractivity (Wildman–Crippen MR) is 101 cm³/mol. The SMILES string of the molecule is O=C(NNc1ncnc(NNC(=O)c2ccco2)c1[N+](=O)[O-])c1ccc(Cl)cc1. The number of hydrazine groups is 2. The van der Waals surface area contributed by atoms with Crippen molar-refractivity contribution in [1.29, 1.82) is 0 Å². The van der Waals surface area contributed by atoms with E-state index in [1.165, 1.54) is 42.7 Å². The molecule has 2 aromatic heterocycles. The molecule has 0 saturated heterocycles. The van der Waals surface area contributed by atoms with E-state index in [4.69, 9.17) is 16.0 Å². The number of hydrogen-bond donors (Lipinski definition) is 4. The molecule has 0 aliphatic rings. The van der Waals surface area contributed by atoms with Crippen LogP contribution < -0.4 is 21.7 Å². The average Bonchev–Trinajstić information content (AvgIpc) is 3.25. The van der Waals surface area contributed by atoms with Gasteiger partial charge in [0.15, 0.2) is 5.76 Å². The minimum Gasteiger partial charge on any atom is -0.459 e. The summed E-state index contributed by atoms with van der Waals surface area (Å²) in [5.74, 6) is -1.87. The Bertz CT molecular complexity index is 1040. The van der Waals surface area contributed by atoms with E-state index < -0.39 is 22.4 Å². The summed E-state index contributed by atoms with van der Waals surface area (Å²) in [6.45, 7) is 0. The third-order valence-electron chi connectivity index (χ3n) is 3.45. The highest BCUT2D eigenvalue weighted by Gasteiger charge is 2.24. The maximum atomic E-state index is 12.1. The second-order valence-corrected chi connectivity index (χ2v) is 5.76. The fraction of sp³-hybridized carbons (Fsp3) is 0. The first-order chi connectivity index (χ1) is 14.0. The summed E-state index contributed by atoms with van der Waals surface area (Å²) in [7, 11) is 0. The van der Waals surface area contributed by atoms with Crippen molar-refractivity contribution in [2.24, 2.45) is 0 Å². The number of hydrogen-bond acceptors (Lipinski definition) is 9. The van der Waals surface area contributed by atoms with Crippen molar-refractivity contribution >= 4 is 40.7 Å². The van der Waals surface area contributed by atoms with E-state index in [-0.39, 0.29) is 23.0 Å². The Morgan fingerprint density at radius 3 is 2.17 bits per heavy atom. The number of carbonyl (C=O) groups excluding carboxylic acids is 2. The average molecular weight is 418 g/mol. The molecule has 3 aromatic rings. The second-order valence-electron chi connectivity index (χ2n) is 5.32. The highest BCUT2D eigenvalue weighted by molar-refractivity contribution is 6.30. The minimum absolute atomic E-state index is 0.0113. The zero-order valence-electron chi connectivity index (χ0n) is 14.4. The van der Waals surface area contributed by atoms with E-state index in [9.17, 15) is 19.7 Å². The number of nitrogens with one attached hydrogen (secondary N) is 4. The van der Waals surface area contributed by atoms with Gasteiger partial charge in [-0.15, -0.1) is 0 Å². The quantitative estimate of drug-likeness (QED) is 0.333. The Morgan fingerprint density at radius 1 is 1.00 bits per heavy atom. The van der Waals surface area contributed by atoms with Gasteiger partial charge < -0.3 is 4.42 Å². The fourth-order valence-corrected chi connectivity index (χ4v) is 2.24. The Balaban J connectivity index is 1.72. The molecule has 0 aliphatic carbocycles. The standard InChI is InChI=1S/C16H12ClN7O5/c17-10-5-3-9(4-6-10)15(25)22-20-13-12(24(27)28)14(19-8-18-13)21-23-16(26)11-2-1-7-29-11/h1-8H,(H,22,25)(H,23,26)(H2,18,19,20,21). The summed E-state index contributed by atoms with van der Waals surface area (Å²) in [6.07, 6.45) is 2.30. The zero-order chi connectivity index (χ0) is 20.8. The van der Waals surface area contributed by atoms with Crippen molar-refractivity contribution in [2.45, 2.75) is 0 Å². The molecule has 4 N–H and O–H groups in total. The summed E-state index contributed by atoms with van der Waals surface area (Å²) < 4.78 is 4.91. The van der Waals surface area contributed by atoms with Crippen LogP contribution >= 0.6 is 11.6 Å². The number of anilines is 2. The van der Waals surface area contributed by atoms with Crippen LogP contribution in [0.25, 0.3) is 0 Å². The van der Waals surface area contributed by atoms with Crippen LogP contribution in [0.1, 0.15) is 20.9 Å². The van der Waals surface area contributed by atoms with Crippen LogP contribution in [-0.4, -0.2) is 26.7 Å². The highest BCUT2D eigenvalue weighted by Crippen LogP contribution is 2.27. The zero-order valence-corrected chi connectivity index (χ0v) is 15.1. The van der Waals surface area contributed by atoms with Crippen molar-refractivity contribution in [3.63, 3.8) is 0 Å². The van der Waals surface area contributed by atoms with Gasteiger partial charge in [0.25, 0.3) is 5.91 Å². The lowest BCUT2D eigenvalue weighted by Crippen LogP contribution is -2.32. The van der Waals surface area contributed by atoms with Crippen LogP contribution in [0.4, 0.5) is 17.3 Å². The van der Waals surface area contributed by atoms with Gasteiger partial charge >= 0.3 is 11.6 Å². The third-order valence-corrected chi connectivity index (χ3v) is 3.70. The number of nitrogens with zero attached hydrogens (tertiary/aromatic N) is 3. The molecule has 0 radical (unpaired) electrons. The van der Waals surface area contributed by atoms with Gasteiger partial charge in [0.2, 0.25) is 11.6 Å². The van der Waals surface area contributed by atoms with Crippen molar-refractivity contribution < 1.29 is 18.9 Å². The first-order valence-corrected chi connectivity index (χ1v) is 8.24. The van der Waals surface area contributed by atoms with E-state index in [2.05, 4.69) is 31.7 Å². The van der Waals surface area contributed by atoms with E-state index in [0.717, 1.165) is 6.33 Å². The number of halogens is 1. The molecule has 0 fully saturated rings. The molecule has 0 saturated carbocycles. The summed E-state index contributed by atoms with van der Waals surface area (Å²) in [4.78, 5) is 42.2. The van der Waals surface area contributed by atoms with Crippen LogP contribution in [0.2, 0.25) is 5.02 Å². The van der Waals surface area contributed by atoms with Gasteiger partial charge in [-0.2, -0.15) is 0 Å². The molecule has 29 heavy (non-hydrogen) atoms. The molecular weight excluding hydrogens is 406 g/mol. The molecule has 148 valence electrons. The number of aromatic nitrogens is 2. The maximum absolute atomic E-state index is 12.1. The van der Waals surface area contributed by atoms with E-state index in [0.29, 0.717) is 5.02 Å². The van der Waals surface area contributed by atoms with Crippen molar-refractivity contribution in [1.82, 2.24) is 20.8 Å². The van der Waals surface area contributed by atoms with Crippen LogP contribution in [0, 0.1) is 10.1 Å². The van der Waals surface area contributed by atoms with Crippen molar-refractivity contribution in [2.75, 3.05) is 10.9 Å². The molecule has 0 aliphatic heterocycles. The molecule has 0 spiro atoms. The Kier molecular flexibility index (Phi) is 5.85. The number of nitro groups is 1. The fourth-order valence-electron chi connectivity index (χ4n) is 2.11. The second kappa shape index (κ2) is 8.67. The molecule has 3 rings (SSSR count). The normalized spacial score (nSPS) is 10.1. The molecule has 0 bridgehead atoms. The number of rotatable bonds is 7. The van der Waals surface area contributed by atoms with Crippen molar-refractivity contribution in [3.05, 3.63) is 75.4 Å². The number of carbonyl (C=O) groups is 2. The van der Waals surface area contributed by atoms with Gasteiger partial charge in [0, 0.05) is 10.6 Å². The Morgan fingerprint density at radius 2 is 1.62 bits per heavy atom. The molecule has 13 heteroatoms. The summed E-state index contributed by atoms with van der Waals surface area (Å²) >= 11 is 5.76. The maximum Gasteiger partial charge on any atom is 0.356 e. The summed E-state index contributed by atoms with van der Waals surface area (Å²) in [5.41, 5.74) is 8.86. The lowest BCUT2D eigenvalue weighted by atomic mass is 10.2. The molecule has 12 nitrogen and oxygen atoms in total. The van der Waals surface area contributed by atoms with Gasteiger partial charge in [-0.3, -0.25) is 41.4 Å². The van der Waals surface area contributed by atoms with Gasteiger partial charge in [-0.25, -0.2) is 9.97 Å². The number of amides is 2. The van der Waals surface area contributed by atoms with E-state index >= 15 is 0 Å². The molecule has 0 atom stereocenters. The summed E-state index contributed by atoms with van der Waals surface area (Å²) in [6, 6.07) is 8.91. The largest absolute Gasteiger partial charge is 0.459 e. The lowest BCUT2D eigenvalue weighted by molar-refractivity contribution is -0.383. The van der Waals surface area contributed by atoms with Gasteiger partial charge in [-0.1, -0.05) is 11.6 Å². The predicted octanol–water partition coefficient (Wildman–Crippen LogP) is 2.14. The van der Waals surface area contributed by atoms with Crippen LogP contribution in [-0.2, 0) is 0 Å². The van der Waals surface area contributed by atoms with Gasteiger partial charge in [0.1, 0.15) is 6.33 Å². The van der Waals surface area contributed by atoms with E-state index in [1.54, 1.807) is 0 Å². The van der Waals surface area contributed by atoms with Gasteiger partial charge in [-0.05, 0) is 36.4 Å². The molecule has 2 heterocycles. The molecular formula is C16H12ClN7O5. The third kappa shape index (κ3) is 4.75. The highest BCUT2D eigenvalue weighted by atomic mass is 35.5. The lowest BCUT2D eigenvalue weighted by Gasteiger charge is -2.11. The van der Waals surface area contributed by atoms with Crippen LogP contribution in [0.5, 0.6) is 0 Å². The van der Waals surface area contributed by atoms with Crippen molar-refractivity contribution in [3.8, 4) is 0 Å². The monoisotopic (exact) mass is 417 g/mol. The van der Waals surface area contributed by atoms with Gasteiger partial charge in [0.05, 0.1) is 11.2 Å². The summed E-state index contributed by atoms with van der Waals surface area (Å²) in [5, 5.41) is 11.9. The minimum atomic E-state index is -0.780. The first-order valence-electron chi connectivity index (χ1n) is 7.87.